The Labute approximate surface area is 148 Å². The van der Waals surface area contributed by atoms with Crippen molar-refractivity contribution in [1.29, 1.82) is 0 Å². The maximum absolute atomic E-state index is 12.5. The molecule has 1 amide bonds. The van der Waals surface area contributed by atoms with Crippen LogP contribution >= 0.6 is 11.6 Å². The summed E-state index contributed by atoms with van der Waals surface area (Å²) in [4.78, 5) is 12.5. The molecule has 8 nitrogen and oxygen atoms in total. The molecule has 9 heteroatoms. The van der Waals surface area contributed by atoms with E-state index in [9.17, 15) is 4.79 Å². The molecule has 3 aromatic rings. The van der Waals surface area contributed by atoms with Gasteiger partial charge in [0.2, 0.25) is 0 Å². The first kappa shape index (κ1) is 16.7. The van der Waals surface area contributed by atoms with E-state index < -0.39 is 0 Å². The Kier molecular flexibility index (Phi) is 4.80. The van der Waals surface area contributed by atoms with Gasteiger partial charge in [-0.1, -0.05) is 17.7 Å². The molecule has 0 spiro atoms. The Bertz CT molecular complexity index is 899. The highest BCUT2D eigenvalue weighted by atomic mass is 35.5. The van der Waals surface area contributed by atoms with Crippen LogP contribution in [0, 0.1) is 0 Å². The zero-order valence-electron chi connectivity index (χ0n) is 13.4. The summed E-state index contributed by atoms with van der Waals surface area (Å²) in [5.74, 6) is 0.611. The number of benzene rings is 2. The van der Waals surface area contributed by atoms with Crippen LogP contribution in [0.3, 0.4) is 0 Å². The molecule has 0 atom stereocenters. The minimum absolute atomic E-state index is 0.330. The summed E-state index contributed by atoms with van der Waals surface area (Å²) in [5, 5.41) is 14.0. The van der Waals surface area contributed by atoms with Gasteiger partial charge in [0.25, 0.3) is 5.91 Å². The maximum atomic E-state index is 12.5. The summed E-state index contributed by atoms with van der Waals surface area (Å²) < 4.78 is 11.9. The number of carbonyl (C=O) groups excluding carboxylic acids is 1. The van der Waals surface area contributed by atoms with E-state index in [0.29, 0.717) is 33.5 Å². The number of ether oxygens (including phenoxy) is 2. The summed E-state index contributed by atoms with van der Waals surface area (Å²) in [6.45, 7) is 0. The van der Waals surface area contributed by atoms with Gasteiger partial charge < -0.3 is 14.8 Å². The Hall–Kier alpha value is -3.13. The molecule has 0 radical (unpaired) electrons. The van der Waals surface area contributed by atoms with E-state index in [0.717, 1.165) is 0 Å². The molecule has 0 aliphatic carbocycles. The van der Waals surface area contributed by atoms with Gasteiger partial charge in [-0.05, 0) is 28.6 Å². The van der Waals surface area contributed by atoms with E-state index in [4.69, 9.17) is 21.1 Å². The van der Waals surface area contributed by atoms with Crippen molar-refractivity contribution in [2.45, 2.75) is 0 Å². The van der Waals surface area contributed by atoms with Gasteiger partial charge in [-0.2, -0.15) is 0 Å². The van der Waals surface area contributed by atoms with Crippen LogP contribution in [-0.4, -0.2) is 40.3 Å². The fraction of sp³-hybridized carbons (Fsp3) is 0.125. The molecule has 0 saturated carbocycles. The quantitative estimate of drug-likeness (QED) is 0.752. The number of amides is 1. The highest BCUT2D eigenvalue weighted by Crippen LogP contribution is 2.36. The number of methoxy groups -OCH3 is 2. The predicted octanol–water partition coefficient (Wildman–Crippen LogP) is 2.59. The maximum Gasteiger partial charge on any atom is 0.255 e. The van der Waals surface area contributed by atoms with Gasteiger partial charge in [0, 0.05) is 17.7 Å². The number of carbonyl (C=O) groups is 1. The lowest BCUT2D eigenvalue weighted by molar-refractivity contribution is 0.102. The van der Waals surface area contributed by atoms with Crippen LogP contribution in [0.2, 0.25) is 5.02 Å². The first-order valence-electron chi connectivity index (χ1n) is 7.18. The van der Waals surface area contributed by atoms with E-state index in [1.165, 1.54) is 25.2 Å². The van der Waals surface area contributed by atoms with Crippen LogP contribution in [0.4, 0.5) is 5.69 Å². The molecule has 25 heavy (non-hydrogen) atoms. The van der Waals surface area contributed by atoms with Crippen molar-refractivity contribution >= 4 is 23.2 Å². The lowest BCUT2D eigenvalue weighted by atomic mass is 10.2. The molecule has 0 fully saturated rings. The number of tetrazole rings is 1. The number of halogens is 1. The zero-order valence-corrected chi connectivity index (χ0v) is 14.2. The number of aromatic nitrogens is 4. The Morgan fingerprint density at radius 2 is 1.92 bits per heavy atom. The second kappa shape index (κ2) is 7.18. The second-order valence-electron chi connectivity index (χ2n) is 4.95. The van der Waals surface area contributed by atoms with Crippen molar-refractivity contribution in [3.8, 4) is 17.2 Å². The van der Waals surface area contributed by atoms with Gasteiger partial charge in [-0.3, -0.25) is 4.79 Å². The standard InChI is InChI=1S/C16H14ClN5O3/c1-24-14-7-12(17)13(8-15(14)25-2)19-16(23)10-4-3-5-11(6-10)22-9-18-20-21-22/h3-9H,1-2H3,(H,19,23). The smallest absolute Gasteiger partial charge is 0.255 e. The third-order valence-electron chi connectivity index (χ3n) is 3.44. The average molecular weight is 360 g/mol. The van der Waals surface area contributed by atoms with Crippen LogP contribution in [0.15, 0.2) is 42.7 Å². The Balaban J connectivity index is 1.87. The number of nitrogens with zero attached hydrogens (tertiary/aromatic N) is 4. The minimum atomic E-state index is -0.330. The molecule has 1 N–H and O–H groups in total. The van der Waals surface area contributed by atoms with Gasteiger partial charge in [-0.15, -0.1) is 5.10 Å². The van der Waals surface area contributed by atoms with Crippen molar-refractivity contribution in [1.82, 2.24) is 20.2 Å². The van der Waals surface area contributed by atoms with Gasteiger partial charge in [0.15, 0.2) is 11.5 Å². The summed E-state index contributed by atoms with van der Waals surface area (Å²) in [5.41, 5.74) is 1.51. The summed E-state index contributed by atoms with van der Waals surface area (Å²) >= 11 is 6.20. The predicted molar refractivity (Wildman–Crippen MR) is 91.7 cm³/mol. The van der Waals surface area contributed by atoms with Crippen molar-refractivity contribution in [2.75, 3.05) is 19.5 Å². The average Bonchev–Trinajstić information content (AvgIpc) is 3.17. The lowest BCUT2D eigenvalue weighted by Crippen LogP contribution is -2.13. The highest BCUT2D eigenvalue weighted by Gasteiger charge is 2.14. The largest absolute Gasteiger partial charge is 0.493 e. The zero-order chi connectivity index (χ0) is 17.8. The SMILES string of the molecule is COc1cc(Cl)c(NC(=O)c2cccc(-n3cnnn3)c2)cc1OC. The fourth-order valence-electron chi connectivity index (χ4n) is 2.21. The number of hydrogen-bond acceptors (Lipinski definition) is 6. The molecule has 2 aromatic carbocycles. The highest BCUT2D eigenvalue weighted by molar-refractivity contribution is 6.34. The second-order valence-corrected chi connectivity index (χ2v) is 5.35. The normalized spacial score (nSPS) is 10.4. The molecular weight excluding hydrogens is 346 g/mol. The number of rotatable bonds is 5. The monoisotopic (exact) mass is 359 g/mol. The summed E-state index contributed by atoms with van der Waals surface area (Å²) in [6.07, 6.45) is 1.45. The van der Waals surface area contributed by atoms with E-state index in [2.05, 4.69) is 20.8 Å². The molecule has 128 valence electrons. The molecule has 0 aliphatic heterocycles. The number of anilines is 1. The lowest BCUT2D eigenvalue weighted by Gasteiger charge is -2.13. The molecule has 0 unspecified atom stereocenters. The number of hydrogen-bond donors (Lipinski definition) is 1. The number of nitrogens with one attached hydrogen (secondary N) is 1. The topological polar surface area (TPSA) is 91.2 Å². The van der Waals surface area contributed by atoms with Gasteiger partial charge in [0.05, 0.1) is 30.6 Å². The van der Waals surface area contributed by atoms with Crippen LogP contribution in [0.1, 0.15) is 10.4 Å². The van der Waals surface area contributed by atoms with E-state index in [-0.39, 0.29) is 5.91 Å². The van der Waals surface area contributed by atoms with E-state index in [1.54, 1.807) is 36.4 Å². The van der Waals surface area contributed by atoms with Gasteiger partial charge in [-0.25, -0.2) is 4.68 Å². The van der Waals surface area contributed by atoms with Gasteiger partial charge in [0.1, 0.15) is 6.33 Å². The molecule has 0 aliphatic rings. The van der Waals surface area contributed by atoms with Crippen molar-refractivity contribution in [3.63, 3.8) is 0 Å². The molecular formula is C16H14ClN5O3. The molecule has 3 rings (SSSR count). The van der Waals surface area contributed by atoms with Crippen LogP contribution in [-0.2, 0) is 0 Å². The third-order valence-corrected chi connectivity index (χ3v) is 3.76. The summed E-state index contributed by atoms with van der Waals surface area (Å²) in [7, 11) is 3.02. The molecule has 1 aromatic heterocycles. The first-order chi connectivity index (χ1) is 12.1. The molecule has 0 saturated heterocycles. The first-order valence-corrected chi connectivity index (χ1v) is 7.56. The van der Waals surface area contributed by atoms with Gasteiger partial charge >= 0.3 is 0 Å². The van der Waals surface area contributed by atoms with E-state index >= 15 is 0 Å². The molecule has 0 bridgehead atoms. The minimum Gasteiger partial charge on any atom is -0.493 e. The van der Waals surface area contributed by atoms with Crippen molar-refractivity contribution < 1.29 is 14.3 Å². The Morgan fingerprint density at radius 1 is 1.16 bits per heavy atom. The Morgan fingerprint density at radius 3 is 2.60 bits per heavy atom. The van der Waals surface area contributed by atoms with Crippen LogP contribution in [0.25, 0.3) is 5.69 Å². The summed E-state index contributed by atoms with van der Waals surface area (Å²) in [6, 6.07) is 10.1. The molecule has 1 heterocycles. The fourth-order valence-corrected chi connectivity index (χ4v) is 2.41. The van der Waals surface area contributed by atoms with Crippen molar-refractivity contribution in [2.24, 2.45) is 0 Å². The van der Waals surface area contributed by atoms with Crippen LogP contribution in [0.5, 0.6) is 11.5 Å². The van der Waals surface area contributed by atoms with E-state index in [1.807, 2.05) is 0 Å². The van der Waals surface area contributed by atoms with Crippen molar-refractivity contribution in [3.05, 3.63) is 53.3 Å². The third kappa shape index (κ3) is 3.53. The van der Waals surface area contributed by atoms with Crippen LogP contribution < -0.4 is 14.8 Å².